The van der Waals surface area contributed by atoms with E-state index in [1.165, 1.54) is 13.2 Å². The molecule has 0 unspecified atom stereocenters. The van der Waals surface area contributed by atoms with Crippen molar-refractivity contribution >= 4 is 11.0 Å². The van der Waals surface area contributed by atoms with Crippen LogP contribution in [0.2, 0.25) is 0 Å². The van der Waals surface area contributed by atoms with E-state index < -0.39 is 5.63 Å². The number of hydrogen-bond acceptors (Lipinski definition) is 4. The summed E-state index contributed by atoms with van der Waals surface area (Å²) >= 11 is 0. The SMILES string of the molecule is COc1ccc2ccc(=O)oc2c1CO. The lowest BCUT2D eigenvalue weighted by Gasteiger charge is -2.07. The standard InChI is InChI=1S/C11H10O4/c1-14-9-4-2-7-3-5-10(13)15-11(7)8(9)6-12/h2-5,12H,6H2,1H3. The Labute approximate surface area is 85.7 Å². The summed E-state index contributed by atoms with van der Waals surface area (Å²) in [4.78, 5) is 11.1. The molecule has 15 heavy (non-hydrogen) atoms. The monoisotopic (exact) mass is 206 g/mol. The summed E-state index contributed by atoms with van der Waals surface area (Å²) in [5, 5.41) is 9.96. The second-order valence-electron chi connectivity index (χ2n) is 3.08. The molecule has 0 spiro atoms. The van der Waals surface area contributed by atoms with Crippen LogP contribution in [0.15, 0.2) is 33.5 Å². The molecule has 1 N–H and O–H groups in total. The lowest BCUT2D eigenvalue weighted by molar-refractivity contribution is 0.273. The summed E-state index contributed by atoms with van der Waals surface area (Å²) in [6, 6.07) is 6.50. The number of fused-ring (bicyclic) bond motifs is 1. The first kappa shape index (κ1) is 9.73. The van der Waals surface area contributed by atoms with Crippen LogP contribution in [0.5, 0.6) is 5.75 Å². The van der Waals surface area contributed by atoms with Gasteiger partial charge in [-0.15, -0.1) is 0 Å². The molecular weight excluding hydrogens is 196 g/mol. The van der Waals surface area contributed by atoms with Gasteiger partial charge in [-0.1, -0.05) is 0 Å². The first-order valence-electron chi connectivity index (χ1n) is 4.47. The van der Waals surface area contributed by atoms with E-state index in [1.54, 1.807) is 18.2 Å². The molecule has 1 aromatic heterocycles. The van der Waals surface area contributed by atoms with E-state index in [0.717, 1.165) is 5.39 Å². The van der Waals surface area contributed by atoms with Gasteiger partial charge >= 0.3 is 5.63 Å². The maximum Gasteiger partial charge on any atom is 0.336 e. The minimum absolute atomic E-state index is 0.229. The number of benzene rings is 1. The number of methoxy groups -OCH3 is 1. The van der Waals surface area contributed by atoms with Crippen molar-refractivity contribution in [3.05, 3.63) is 40.2 Å². The molecule has 0 radical (unpaired) electrons. The van der Waals surface area contributed by atoms with Gasteiger partial charge in [-0.2, -0.15) is 0 Å². The first-order chi connectivity index (χ1) is 7.26. The van der Waals surface area contributed by atoms with Crippen molar-refractivity contribution in [3.63, 3.8) is 0 Å². The van der Waals surface area contributed by atoms with E-state index in [2.05, 4.69) is 0 Å². The second kappa shape index (κ2) is 3.74. The van der Waals surface area contributed by atoms with Crippen LogP contribution in [0.1, 0.15) is 5.56 Å². The Balaban J connectivity index is 2.84. The smallest absolute Gasteiger partial charge is 0.336 e. The van der Waals surface area contributed by atoms with Gasteiger partial charge in [0.25, 0.3) is 0 Å². The zero-order valence-electron chi connectivity index (χ0n) is 8.19. The summed E-state index contributed by atoms with van der Waals surface area (Å²) < 4.78 is 10.1. The van der Waals surface area contributed by atoms with Crippen molar-refractivity contribution in [2.45, 2.75) is 6.61 Å². The minimum Gasteiger partial charge on any atom is -0.496 e. The fourth-order valence-corrected chi connectivity index (χ4v) is 1.51. The molecule has 0 fully saturated rings. The molecular formula is C11H10O4. The molecule has 0 amide bonds. The topological polar surface area (TPSA) is 59.7 Å². The van der Waals surface area contributed by atoms with Crippen molar-refractivity contribution in [2.24, 2.45) is 0 Å². The Morgan fingerprint density at radius 3 is 2.73 bits per heavy atom. The van der Waals surface area contributed by atoms with Crippen molar-refractivity contribution < 1.29 is 14.3 Å². The molecule has 0 atom stereocenters. The highest BCUT2D eigenvalue weighted by Crippen LogP contribution is 2.26. The summed E-state index contributed by atoms with van der Waals surface area (Å²) in [7, 11) is 1.50. The van der Waals surface area contributed by atoms with Crippen LogP contribution in [0.25, 0.3) is 11.0 Å². The van der Waals surface area contributed by atoms with Gasteiger partial charge < -0.3 is 14.3 Å². The van der Waals surface area contributed by atoms with Gasteiger partial charge in [-0.3, -0.25) is 0 Å². The van der Waals surface area contributed by atoms with Crippen molar-refractivity contribution in [1.29, 1.82) is 0 Å². The van der Waals surface area contributed by atoms with E-state index in [1.807, 2.05) is 0 Å². The van der Waals surface area contributed by atoms with E-state index >= 15 is 0 Å². The molecule has 2 aromatic rings. The zero-order chi connectivity index (χ0) is 10.8. The van der Waals surface area contributed by atoms with Gasteiger partial charge in [0.05, 0.1) is 19.3 Å². The van der Waals surface area contributed by atoms with Crippen LogP contribution in [-0.2, 0) is 6.61 Å². The Hall–Kier alpha value is -1.81. The molecule has 0 saturated heterocycles. The normalized spacial score (nSPS) is 10.5. The number of rotatable bonds is 2. The maximum absolute atomic E-state index is 11.1. The molecule has 0 bridgehead atoms. The van der Waals surface area contributed by atoms with E-state index in [-0.39, 0.29) is 6.61 Å². The van der Waals surface area contributed by atoms with Crippen LogP contribution >= 0.6 is 0 Å². The molecule has 1 aromatic carbocycles. The van der Waals surface area contributed by atoms with Gasteiger partial charge in [0.15, 0.2) is 0 Å². The van der Waals surface area contributed by atoms with Gasteiger partial charge in [0, 0.05) is 11.5 Å². The summed E-state index contributed by atoms with van der Waals surface area (Å²) in [5.74, 6) is 0.513. The van der Waals surface area contributed by atoms with Crippen LogP contribution in [0.4, 0.5) is 0 Å². The maximum atomic E-state index is 11.1. The lowest BCUT2D eigenvalue weighted by Crippen LogP contribution is -1.99. The molecule has 2 rings (SSSR count). The molecule has 0 aliphatic carbocycles. The zero-order valence-corrected chi connectivity index (χ0v) is 8.19. The molecule has 0 saturated carbocycles. The van der Waals surface area contributed by atoms with Gasteiger partial charge in [-0.25, -0.2) is 4.79 Å². The molecule has 0 aliphatic heterocycles. The number of ether oxygens (including phenoxy) is 1. The largest absolute Gasteiger partial charge is 0.496 e. The summed E-state index contributed by atoms with van der Waals surface area (Å²) in [6.45, 7) is -0.229. The molecule has 4 nitrogen and oxygen atoms in total. The highest BCUT2D eigenvalue weighted by Gasteiger charge is 2.09. The Morgan fingerprint density at radius 1 is 1.33 bits per heavy atom. The van der Waals surface area contributed by atoms with Gasteiger partial charge in [0.1, 0.15) is 11.3 Å². The molecule has 1 heterocycles. The van der Waals surface area contributed by atoms with Crippen molar-refractivity contribution in [2.75, 3.05) is 7.11 Å². The van der Waals surface area contributed by atoms with E-state index in [0.29, 0.717) is 16.9 Å². The quantitative estimate of drug-likeness (QED) is 0.752. The average molecular weight is 206 g/mol. The Kier molecular flexibility index (Phi) is 2.43. The predicted molar refractivity (Wildman–Crippen MR) is 55.0 cm³/mol. The van der Waals surface area contributed by atoms with Crippen LogP contribution in [-0.4, -0.2) is 12.2 Å². The van der Waals surface area contributed by atoms with Crippen LogP contribution in [0, 0.1) is 0 Å². The summed E-state index contributed by atoms with van der Waals surface area (Å²) in [5.41, 5.74) is 0.433. The minimum atomic E-state index is -0.439. The van der Waals surface area contributed by atoms with E-state index in [4.69, 9.17) is 9.15 Å². The third-order valence-corrected chi connectivity index (χ3v) is 2.23. The highest BCUT2D eigenvalue weighted by atomic mass is 16.5. The van der Waals surface area contributed by atoms with Crippen molar-refractivity contribution in [1.82, 2.24) is 0 Å². The fourth-order valence-electron chi connectivity index (χ4n) is 1.51. The van der Waals surface area contributed by atoms with Gasteiger partial charge in [0.2, 0.25) is 0 Å². The summed E-state index contributed by atoms with van der Waals surface area (Å²) in [6.07, 6.45) is 0. The molecule has 4 heteroatoms. The lowest BCUT2D eigenvalue weighted by atomic mass is 10.1. The van der Waals surface area contributed by atoms with Crippen molar-refractivity contribution in [3.8, 4) is 5.75 Å². The predicted octanol–water partition coefficient (Wildman–Crippen LogP) is 1.29. The Morgan fingerprint density at radius 2 is 2.07 bits per heavy atom. The van der Waals surface area contributed by atoms with E-state index in [9.17, 15) is 9.90 Å². The number of aliphatic hydroxyl groups is 1. The third kappa shape index (κ3) is 1.59. The highest BCUT2D eigenvalue weighted by molar-refractivity contribution is 5.81. The van der Waals surface area contributed by atoms with Gasteiger partial charge in [-0.05, 0) is 18.2 Å². The van der Waals surface area contributed by atoms with Crippen LogP contribution in [0.3, 0.4) is 0 Å². The number of aliphatic hydroxyl groups excluding tert-OH is 1. The number of hydrogen-bond donors (Lipinski definition) is 1. The molecule has 0 aliphatic rings. The Bertz CT molecular complexity index is 542. The second-order valence-corrected chi connectivity index (χ2v) is 3.08. The fraction of sp³-hybridized carbons (Fsp3) is 0.182. The van der Waals surface area contributed by atoms with Crippen LogP contribution < -0.4 is 10.4 Å². The average Bonchev–Trinajstić information content (AvgIpc) is 2.27. The first-order valence-corrected chi connectivity index (χ1v) is 4.47. The molecule has 78 valence electrons. The third-order valence-electron chi connectivity index (χ3n) is 2.23.